The molecule has 5 heteroatoms. The summed E-state index contributed by atoms with van der Waals surface area (Å²) < 4.78 is 2.09. The summed E-state index contributed by atoms with van der Waals surface area (Å²) in [5.74, 6) is 1.19. The maximum absolute atomic E-state index is 12.1. The topological polar surface area (TPSA) is 64.2 Å². The van der Waals surface area contributed by atoms with Gasteiger partial charge in [0.1, 0.15) is 5.82 Å². The van der Waals surface area contributed by atoms with E-state index in [9.17, 15) is 4.79 Å². The molecule has 1 aliphatic heterocycles. The lowest BCUT2D eigenvalue weighted by molar-refractivity contribution is -0.136. The summed E-state index contributed by atoms with van der Waals surface area (Å²) >= 11 is 0. The number of carbonyl (C=O) groups is 1. The molecule has 1 aromatic rings. The molecule has 0 spiro atoms. The molecule has 16 heavy (non-hydrogen) atoms. The molecular weight excluding hydrogens is 204 g/mol. The Kier molecular flexibility index (Phi) is 3.24. The zero-order valence-electron chi connectivity index (χ0n) is 9.59. The number of imidazole rings is 1. The standard InChI is InChI=1S/C11H18N4O/c1-9(2-3-12)11(16)15-7-6-14-5-4-13-10(14)8-15/h4-5,9H,2-3,6-8,12H2,1H3. The predicted octanol–water partition coefficient (Wildman–Crippen LogP) is 0.210. The highest BCUT2D eigenvalue weighted by atomic mass is 16.2. The summed E-state index contributed by atoms with van der Waals surface area (Å²) in [6.45, 7) is 4.75. The number of rotatable bonds is 3. The summed E-state index contributed by atoms with van der Waals surface area (Å²) in [5.41, 5.74) is 5.47. The van der Waals surface area contributed by atoms with Gasteiger partial charge in [0.05, 0.1) is 6.54 Å². The number of hydrogen-bond acceptors (Lipinski definition) is 3. The van der Waals surface area contributed by atoms with Gasteiger partial charge >= 0.3 is 0 Å². The summed E-state index contributed by atoms with van der Waals surface area (Å²) in [6.07, 6.45) is 4.50. The van der Waals surface area contributed by atoms with Crippen molar-refractivity contribution in [3.8, 4) is 0 Å². The van der Waals surface area contributed by atoms with Gasteiger partial charge in [-0.05, 0) is 13.0 Å². The molecule has 2 heterocycles. The van der Waals surface area contributed by atoms with Crippen molar-refractivity contribution in [3.63, 3.8) is 0 Å². The molecule has 2 rings (SSSR count). The molecule has 0 aromatic carbocycles. The first-order valence-electron chi connectivity index (χ1n) is 5.71. The van der Waals surface area contributed by atoms with Gasteiger partial charge in [-0.15, -0.1) is 0 Å². The number of fused-ring (bicyclic) bond motifs is 1. The van der Waals surface area contributed by atoms with E-state index in [0.717, 1.165) is 25.3 Å². The average Bonchev–Trinajstić information content (AvgIpc) is 2.75. The second-order valence-electron chi connectivity index (χ2n) is 4.28. The molecule has 0 saturated carbocycles. The number of aromatic nitrogens is 2. The zero-order valence-corrected chi connectivity index (χ0v) is 9.59. The Hall–Kier alpha value is -1.36. The van der Waals surface area contributed by atoms with Gasteiger partial charge in [-0.2, -0.15) is 0 Å². The van der Waals surface area contributed by atoms with Crippen molar-refractivity contribution in [2.45, 2.75) is 26.4 Å². The number of amides is 1. The average molecular weight is 222 g/mol. The molecule has 2 N–H and O–H groups in total. The van der Waals surface area contributed by atoms with Crippen molar-refractivity contribution < 1.29 is 4.79 Å². The minimum Gasteiger partial charge on any atom is -0.333 e. The molecule has 0 fully saturated rings. The van der Waals surface area contributed by atoms with E-state index in [-0.39, 0.29) is 11.8 Å². The van der Waals surface area contributed by atoms with Crippen LogP contribution in [-0.4, -0.2) is 33.4 Å². The molecule has 0 aliphatic carbocycles. The van der Waals surface area contributed by atoms with E-state index < -0.39 is 0 Å². The van der Waals surface area contributed by atoms with Gasteiger partial charge in [0.25, 0.3) is 0 Å². The largest absolute Gasteiger partial charge is 0.333 e. The van der Waals surface area contributed by atoms with Crippen LogP contribution in [0.15, 0.2) is 12.4 Å². The van der Waals surface area contributed by atoms with Crippen LogP contribution in [0.3, 0.4) is 0 Å². The molecule has 0 radical (unpaired) electrons. The molecule has 0 bridgehead atoms. The molecule has 5 nitrogen and oxygen atoms in total. The molecule has 1 unspecified atom stereocenters. The minimum absolute atomic E-state index is 0.0199. The Bertz CT molecular complexity index is 374. The fourth-order valence-corrected chi connectivity index (χ4v) is 2.05. The molecular formula is C11H18N4O. The SMILES string of the molecule is CC(CCN)C(=O)N1CCn2ccnc2C1. The van der Waals surface area contributed by atoms with Crippen LogP contribution in [0.5, 0.6) is 0 Å². The summed E-state index contributed by atoms with van der Waals surface area (Å²) in [5, 5.41) is 0. The van der Waals surface area contributed by atoms with Crippen LogP contribution >= 0.6 is 0 Å². The van der Waals surface area contributed by atoms with Crippen molar-refractivity contribution in [3.05, 3.63) is 18.2 Å². The van der Waals surface area contributed by atoms with Gasteiger partial charge in [-0.3, -0.25) is 4.79 Å². The van der Waals surface area contributed by atoms with Crippen LogP contribution < -0.4 is 5.73 Å². The van der Waals surface area contributed by atoms with E-state index in [1.165, 1.54) is 0 Å². The van der Waals surface area contributed by atoms with Crippen molar-refractivity contribution in [2.24, 2.45) is 11.7 Å². The monoisotopic (exact) mass is 222 g/mol. The number of nitrogens with zero attached hydrogens (tertiary/aromatic N) is 3. The maximum atomic E-state index is 12.1. The zero-order chi connectivity index (χ0) is 11.5. The Labute approximate surface area is 95.2 Å². The van der Waals surface area contributed by atoms with E-state index in [4.69, 9.17) is 5.73 Å². The fourth-order valence-electron chi connectivity index (χ4n) is 2.05. The summed E-state index contributed by atoms with van der Waals surface area (Å²) in [7, 11) is 0. The Balaban J connectivity index is 2.00. The van der Waals surface area contributed by atoms with Crippen molar-refractivity contribution in [1.82, 2.24) is 14.5 Å². The Morgan fingerprint density at radius 2 is 2.44 bits per heavy atom. The third kappa shape index (κ3) is 2.09. The van der Waals surface area contributed by atoms with Crippen LogP contribution in [0.25, 0.3) is 0 Å². The number of carbonyl (C=O) groups excluding carboxylic acids is 1. The lowest BCUT2D eigenvalue weighted by Crippen LogP contribution is -2.41. The number of hydrogen-bond donors (Lipinski definition) is 1. The van der Waals surface area contributed by atoms with E-state index in [1.54, 1.807) is 6.20 Å². The normalized spacial score (nSPS) is 17.0. The van der Waals surface area contributed by atoms with E-state index in [2.05, 4.69) is 9.55 Å². The van der Waals surface area contributed by atoms with E-state index >= 15 is 0 Å². The first kappa shape index (κ1) is 11.1. The molecule has 1 aromatic heterocycles. The van der Waals surface area contributed by atoms with Crippen LogP contribution in [0.2, 0.25) is 0 Å². The van der Waals surface area contributed by atoms with E-state index in [0.29, 0.717) is 13.1 Å². The Morgan fingerprint density at radius 1 is 1.62 bits per heavy atom. The van der Waals surface area contributed by atoms with Gasteiger partial charge < -0.3 is 15.2 Å². The van der Waals surface area contributed by atoms with Crippen molar-refractivity contribution in [1.29, 1.82) is 0 Å². The maximum Gasteiger partial charge on any atom is 0.225 e. The van der Waals surface area contributed by atoms with Crippen LogP contribution in [-0.2, 0) is 17.9 Å². The van der Waals surface area contributed by atoms with Crippen LogP contribution in [0.1, 0.15) is 19.2 Å². The van der Waals surface area contributed by atoms with Crippen molar-refractivity contribution in [2.75, 3.05) is 13.1 Å². The highest BCUT2D eigenvalue weighted by Gasteiger charge is 2.24. The molecule has 1 amide bonds. The first-order valence-corrected chi connectivity index (χ1v) is 5.71. The third-order valence-corrected chi connectivity index (χ3v) is 3.08. The lowest BCUT2D eigenvalue weighted by Gasteiger charge is -2.29. The second-order valence-corrected chi connectivity index (χ2v) is 4.28. The molecule has 0 saturated heterocycles. The minimum atomic E-state index is 0.0199. The predicted molar refractivity (Wildman–Crippen MR) is 60.5 cm³/mol. The van der Waals surface area contributed by atoms with Gasteiger partial charge in [0.15, 0.2) is 0 Å². The second kappa shape index (κ2) is 4.65. The highest BCUT2D eigenvalue weighted by molar-refractivity contribution is 5.78. The quantitative estimate of drug-likeness (QED) is 0.795. The van der Waals surface area contributed by atoms with Crippen molar-refractivity contribution >= 4 is 5.91 Å². The van der Waals surface area contributed by atoms with Gasteiger partial charge in [0, 0.05) is 31.4 Å². The lowest BCUT2D eigenvalue weighted by atomic mass is 10.1. The van der Waals surface area contributed by atoms with Crippen LogP contribution in [0, 0.1) is 5.92 Å². The smallest absolute Gasteiger partial charge is 0.225 e. The van der Waals surface area contributed by atoms with Gasteiger partial charge in [-0.1, -0.05) is 6.92 Å². The molecule has 1 aliphatic rings. The molecule has 88 valence electrons. The first-order chi connectivity index (χ1) is 7.72. The fraction of sp³-hybridized carbons (Fsp3) is 0.636. The number of nitrogens with two attached hydrogens (primary N) is 1. The summed E-state index contributed by atoms with van der Waals surface area (Å²) in [4.78, 5) is 18.2. The highest BCUT2D eigenvalue weighted by Crippen LogP contribution is 2.14. The van der Waals surface area contributed by atoms with Gasteiger partial charge in [0.2, 0.25) is 5.91 Å². The summed E-state index contributed by atoms with van der Waals surface area (Å²) in [6, 6.07) is 0. The van der Waals surface area contributed by atoms with E-state index in [1.807, 2.05) is 18.0 Å². The third-order valence-electron chi connectivity index (χ3n) is 3.08. The van der Waals surface area contributed by atoms with Gasteiger partial charge in [-0.25, -0.2) is 4.98 Å². The molecule has 1 atom stereocenters. The Morgan fingerprint density at radius 3 is 3.19 bits per heavy atom. The van der Waals surface area contributed by atoms with Crippen LogP contribution in [0.4, 0.5) is 0 Å².